The van der Waals surface area contributed by atoms with Gasteiger partial charge >= 0.3 is 0 Å². The summed E-state index contributed by atoms with van der Waals surface area (Å²) in [6.07, 6.45) is 2.88. The minimum absolute atomic E-state index is 0.208. The van der Waals surface area contributed by atoms with Crippen molar-refractivity contribution in [2.45, 2.75) is 31.3 Å². The summed E-state index contributed by atoms with van der Waals surface area (Å²) in [4.78, 5) is 26.2. The molecule has 0 bridgehead atoms. The van der Waals surface area contributed by atoms with Gasteiger partial charge in [0, 0.05) is 23.8 Å². The van der Waals surface area contributed by atoms with Crippen molar-refractivity contribution in [3.8, 4) is 0 Å². The van der Waals surface area contributed by atoms with E-state index in [1.54, 1.807) is 29.2 Å². The van der Waals surface area contributed by atoms with E-state index < -0.39 is 11.5 Å². The van der Waals surface area contributed by atoms with Crippen LogP contribution in [0.25, 0.3) is 0 Å². The van der Waals surface area contributed by atoms with E-state index in [1.165, 1.54) is 0 Å². The van der Waals surface area contributed by atoms with Crippen LogP contribution in [0.2, 0.25) is 5.02 Å². The van der Waals surface area contributed by atoms with Crippen LogP contribution in [0.15, 0.2) is 24.3 Å². The average Bonchev–Trinajstić information content (AvgIpc) is 2.84. The van der Waals surface area contributed by atoms with Crippen LogP contribution in [0.4, 0.5) is 5.69 Å². The van der Waals surface area contributed by atoms with Crippen LogP contribution in [0.1, 0.15) is 25.7 Å². The molecule has 1 aromatic carbocycles. The second-order valence-corrected chi connectivity index (χ2v) is 6.54. The number of hydrogen-bond acceptors (Lipinski definition) is 3. The Morgan fingerprint density at radius 3 is 2.86 bits per heavy atom. The predicted molar refractivity (Wildman–Crippen MR) is 83.7 cm³/mol. The monoisotopic (exact) mass is 322 g/mol. The van der Waals surface area contributed by atoms with Crippen molar-refractivity contribution in [1.29, 1.82) is 0 Å². The molecule has 118 valence electrons. The van der Waals surface area contributed by atoms with Crippen molar-refractivity contribution in [3.05, 3.63) is 29.3 Å². The molecule has 2 amide bonds. The highest BCUT2D eigenvalue weighted by atomic mass is 35.5. The smallest absolute Gasteiger partial charge is 0.239 e. The standard InChI is InChI=1S/C16H19ClN2O3/c17-11-3-1-4-12(9-11)19-8-5-13(15(19)21)14(20)18-10-16(22)6-2-7-16/h1,3-4,9,13,22H,2,5-8,10H2,(H,18,20). The molecule has 2 aliphatic rings. The van der Waals surface area contributed by atoms with Crippen molar-refractivity contribution in [3.63, 3.8) is 0 Å². The van der Waals surface area contributed by atoms with Gasteiger partial charge in [0.05, 0.1) is 5.60 Å². The number of halogens is 1. The second-order valence-electron chi connectivity index (χ2n) is 6.11. The van der Waals surface area contributed by atoms with Gasteiger partial charge in [-0.25, -0.2) is 0 Å². The number of hydrogen-bond donors (Lipinski definition) is 2. The zero-order valence-electron chi connectivity index (χ0n) is 12.2. The highest BCUT2D eigenvalue weighted by Crippen LogP contribution is 2.31. The van der Waals surface area contributed by atoms with E-state index in [0.29, 0.717) is 36.5 Å². The Balaban J connectivity index is 1.62. The summed E-state index contributed by atoms with van der Waals surface area (Å²) in [7, 11) is 0. The Kier molecular flexibility index (Phi) is 4.10. The number of nitrogens with one attached hydrogen (secondary N) is 1. The predicted octanol–water partition coefficient (Wildman–Crippen LogP) is 1.72. The number of anilines is 1. The van der Waals surface area contributed by atoms with Crippen LogP contribution >= 0.6 is 11.6 Å². The molecule has 1 aliphatic heterocycles. The van der Waals surface area contributed by atoms with E-state index in [4.69, 9.17) is 11.6 Å². The summed E-state index contributed by atoms with van der Waals surface area (Å²) in [5, 5.41) is 13.3. The molecule has 5 nitrogen and oxygen atoms in total. The first kappa shape index (κ1) is 15.3. The number of carbonyl (C=O) groups is 2. The second kappa shape index (κ2) is 5.89. The molecule has 0 spiro atoms. The summed E-state index contributed by atoms with van der Waals surface area (Å²) >= 11 is 5.95. The summed E-state index contributed by atoms with van der Waals surface area (Å²) in [5.74, 6) is -1.18. The van der Waals surface area contributed by atoms with Crippen LogP contribution in [-0.2, 0) is 9.59 Å². The molecule has 6 heteroatoms. The van der Waals surface area contributed by atoms with Gasteiger partial charge < -0.3 is 15.3 Å². The van der Waals surface area contributed by atoms with Gasteiger partial charge in [0.25, 0.3) is 0 Å². The third-order valence-corrected chi connectivity index (χ3v) is 4.75. The van der Waals surface area contributed by atoms with Crippen LogP contribution in [0, 0.1) is 5.92 Å². The summed E-state index contributed by atoms with van der Waals surface area (Å²) in [6.45, 7) is 0.730. The van der Waals surface area contributed by atoms with Crippen LogP contribution in [0.5, 0.6) is 0 Å². The molecular formula is C16H19ClN2O3. The van der Waals surface area contributed by atoms with Crippen molar-refractivity contribution in [2.24, 2.45) is 5.92 Å². The summed E-state index contributed by atoms with van der Waals surface area (Å²) < 4.78 is 0. The molecule has 3 rings (SSSR count). The molecule has 1 saturated carbocycles. The Morgan fingerprint density at radius 1 is 1.45 bits per heavy atom. The molecule has 1 unspecified atom stereocenters. The van der Waals surface area contributed by atoms with Gasteiger partial charge in [0.1, 0.15) is 5.92 Å². The first-order valence-electron chi connectivity index (χ1n) is 7.56. The van der Waals surface area contributed by atoms with E-state index in [2.05, 4.69) is 5.32 Å². The first-order chi connectivity index (χ1) is 10.5. The van der Waals surface area contributed by atoms with Crippen molar-refractivity contribution < 1.29 is 14.7 Å². The van der Waals surface area contributed by atoms with Gasteiger partial charge in [-0.2, -0.15) is 0 Å². The number of nitrogens with zero attached hydrogens (tertiary/aromatic N) is 1. The molecule has 2 N–H and O–H groups in total. The van der Waals surface area contributed by atoms with E-state index in [-0.39, 0.29) is 18.4 Å². The highest BCUT2D eigenvalue weighted by Gasteiger charge is 2.40. The van der Waals surface area contributed by atoms with E-state index in [0.717, 1.165) is 6.42 Å². The number of aliphatic hydroxyl groups is 1. The zero-order valence-corrected chi connectivity index (χ0v) is 13.0. The molecule has 0 aromatic heterocycles. The molecule has 1 saturated heterocycles. The number of rotatable bonds is 4. The fraction of sp³-hybridized carbons (Fsp3) is 0.500. The van der Waals surface area contributed by atoms with Gasteiger partial charge in [-0.05, 0) is 43.9 Å². The number of carbonyl (C=O) groups excluding carboxylic acids is 2. The average molecular weight is 323 g/mol. The molecular weight excluding hydrogens is 304 g/mol. The fourth-order valence-electron chi connectivity index (χ4n) is 2.96. The molecule has 1 aromatic rings. The first-order valence-corrected chi connectivity index (χ1v) is 7.93. The van der Waals surface area contributed by atoms with Crippen LogP contribution < -0.4 is 10.2 Å². The maximum atomic E-state index is 12.4. The topological polar surface area (TPSA) is 69.6 Å². The maximum absolute atomic E-state index is 12.4. The Labute approximate surface area is 134 Å². The minimum atomic E-state index is -0.774. The molecule has 1 atom stereocenters. The third kappa shape index (κ3) is 2.96. The third-order valence-electron chi connectivity index (χ3n) is 4.52. The Morgan fingerprint density at radius 2 is 2.23 bits per heavy atom. The lowest BCUT2D eigenvalue weighted by Crippen LogP contribution is -2.49. The lowest BCUT2D eigenvalue weighted by Gasteiger charge is -2.36. The summed E-state index contributed by atoms with van der Waals surface area (Å²) in [6, 6.07) is 7.05. The Hall–Kier alpha value is -1.59. The molecule has 22 heavy (non-hydrogen) atoms. The van der Waals surface area contributed by atoms with Crippen molar-refractivity contribution in [2.75, 3.05) is 18.0 Å². The zero-order chi connectivity index (χ0) is 15.7. The van der Waals surface area contributed by atoms with Gasteiger partial charge in [-0.15, -0.1) is 0 Å². The van der Waals surface area contributed by atoms with Gasteiger partial charge in [0.2, 0.25) is 11.8 Å². The summed E-state index contributed by atoms with van der Waals surface area (Å²) in [5.41, 5.74) is -0.0605. The van der Waals surface area contributed by atoms with Crippen LogP contribution in [0.3, 0.4) is 0 Å². The lowest BCUT2D eigenvalue weighted by atomic mass is 9.80. The molecule has 1 aliphatic carbocycles. The number of benzene rings is 1. The molecule has 1 heterocycles. The SMILES string of the molecule is O=C(NCC1(O)CCC1)C1CCN(c2cccc(Cl)c2)C1=O. The van der Waals surface area contributed by atoms with Gasteiger partial charge in [0.15, 0.2) is 0 Å². The highest BCUT2D eigenvalue weighted by molar-refractivity contribution is 6.31. The Bertz CT molecular complexity index is 601. The van der Waals surface area contributed by atoms with E-state index >= 15 is 0 Å². The number of amides is 2. The fourth-order valence-corrected chi connectivity index (χ4v) is 3.14. The quantitative estimate of drug-likeness (QED) is 0.829. The van der Waals surface area contributed by atoms with E-state index in [1.807, 2.05) is 0 Å². The van der Waals surface area contributed by atoms with Crippen molar-refractivity contribution >= 4 is 29.1 Å². The molecule has 2 fully saturated rings. The van der Waals surface area contributed by atoms with Crippen LogP contribution in [-0.4, -0.2) is 35.6 Å². The molecule has 0 radical (unpaired) electrons. The maximum Gasteiger partial charge on any atom is 0.239 e. The van der Waals surface area contributed by atoms with Crippen molar-refractivity contribution in [1.82, 2.24) is 5.32 Å². The van der Waals surface area contributed by atoms with Gasteiger partial charge in [-0.3, -0.25) is 9.59 Å². The largest absolute Gasteiger partial charge is 0.388 e. The minimum Gasteiger partial charge on any atom is -0.388 e. The normalized spacial score (nSPS) is 23.3. The van der Waals surface area contributed by atoms with E-state index in [9.17, 15) is 14.7 Å². The lowest BCUT2D eigenvalue weighted by molar-refractivity contribution is -0.133. The van der Waals surface area contributed by atoms with Gasteiger partial charge in [-0.1, -0.05) is 17.7 Å².